The van der Waals surface area contributed by atoms with Gasteiger partial charge in [0.15, 0.2) is 0 Å². The lowest BCUT2D eigenvalue weighted by atomic mass is 9.95. The highest BCUT2D eigenvalue weighted by Gasteiger charge is 2.29. The molecule has 1 aromatic heterocycles. The Morgan fingerprint density at radius 1 is 1.31 bits per heavy atom. The molecular weight excluding hydrogens is 210 g/mol. The molecule has 0 spiro atoms. The zero-order valence-corrected chi connectivity index (χ0v) is 8.80. The molecule has 0 atom stereocenters. The molecule has 5 heteroatoms. The Kier molecular flexibility index (Phi) is 2.85. The minimum Gasteiger partial charge on any atom is -0.495 e. The molecule has 0 radical (unpaired) electrons. The Morgan fingerprint density at radius 2 is 2.00 bits per heavy atom. The van der Waals surface area contributed by atoms with E-state index in [0.29, 0.717) is 11.4 Å². The summed E-state index contributed by atoms with van der Waals surface area (Å²) in [6.07, 6.45) is 1.97. The molecule has 0 bridgehead atoms. The van der Waals surface area contributed by atoms with Gasteiger partial charge in [-0.2, -0.15) is 0 Å². The molecule has 0 unspecified atom stereocenters. The summed E-state index contributed by atoms with van der Waals surface area (Å²) < 4.78 is 9.43. The predicted molar refractivity (Wildman–Crippen MR) is 53.9 cm³/mol. The van der Waals surface area contributed by atoms with Crippen LogP contribution in [0.5, 0.6) is 5.75 Å². The number of hydrogen-bond acceptors (Lipinski definition) is 5. The molecule has 0 aliphatic carbocycles. The summed E-state index contributed by atoms with van der Waals surface area (Å²) in [6.45, 7) is 0. The summed E-state index contributed by atoms with van der Waals surface area (Å²) >= 11 is 0. The number of aromatic nitrogens is 1. The van der Waals surface area contributed by atoms with E-state index in [0.717, 1.165) is 0 Å². The number of carbonyl (C=O) groups excluding carboxylic acids is 2. The van der Waals surface area contributed by atoms with E-state index in [1.165, 1.54) is 0 Å². The monoisotopic (exact) mass is 221 g/mol. The number of pyridine rings is 1. The zero-order valence-electron chi connectivity index (χ0n) is 8.80. The van der Waals surface area contributed by atoms with E-state index in [1.54, 1.807) is 25.4 Å². The van der Waals surface area contributed by atoms with Gasteiger partial charge in [-0.15, -0.1) is 0 Å². The van der Waals surface area contributed by atoms with E-state index in [4.69, 9.17) is 4.74 Å². The fourth-order valence-corrected chi connectivity index (χ4v) is 1.65. The Labute approximate surface area is 92.4 Å². The fraction of sp³-hybridized carbons (Fsp3) is 0.364. The van der Waals surface area contributed by atoms with Gasteiger partial charge in [-0.05, 0) is 12.1 Å². The van der Waals surface area contributed by atoms with Crippen LogP contribution in [0.1, 0.15) is 24.5 Å². The van der Waals surface area contributed by atoms with Crippen molar-refractivity contribution in [2.45, 2.75) is 18.8 Å². The lowest BCUT2D eigenvalue weighted by Crippen LogP contribution is -2.24. The van der Waals surface area contributed by atoms with Crippen molar-refractivity contribution in [1.29, 1.82) is 0 Å². The first-order chi connectivity index (χ1) is 7.69. The minimum absolute atomic E-state index is 0.181. The van der Waals surface area contributed by atoms with E-state index in [2.05, 4.69) is 9.72 Å². The van der Waals surface area contributed by atoms with Crippen LogP contribution in [0.3, 0.4) is 0 Å². The fourth-order valence-electron chi connectivity index (χ4n) is 1.65. The van der Waals surface area contributed by atoms with Gasteiger partial charge in [0.1, 0.15) is 5.75 Å². The molecule has 0 N–H and O–H groups in total. The van der Waals surface area contributed by atoms with Gasteiger partial charge in [-0.25, -0.2) is 0 Å². The number of nitrogens with zero attached hydrogens (tertiary/aromatic N) is 1. The molecule has 1 saturated heterocycles. The van der Waals surface area contributed by atoms with Crippen LogP contribution in [0.4, 0.5) is 0 Å². The summed E-state index contributed by atoms with van der Waals surface area (Å²) in [7, 11) is 1.55. The van der Waals surface area contributed by atoms with Crippen LogP contribution in [-0.2, 0) is 14.3 Å². The Hall–Kier alpha value is -1.91. The molecule has 16 heavy (non-hydrogen) atoms. The molecule has 5 nitrogen and oxygen atoms in total. The quantitative estimate of drug-likeness (QED) is 0.551. The summed E-state index contributed by atoms with van der Waals surface area (Å²) in [6, 6.07) is 3.52. The lowest BCUT2D eigenvalue weighted by Gasteiger charge is -2.19. The highest BCUT2D eigenvalue weighted by atomic mass is 16.6. The first-order valence-electron chi connectivity index (χ1n) is 4.92. The lowest BCUT2D eigenvalue weighted by molar-refractivity contribution is -0.164. The van der Waals surface area contributed by atoms with E-state index in [9.17, 15) is 9.59 Å². The van der Waals surface area contributed by atoms with Gasteiger partial charge in [0, 0.05) is 11.6 Å². The number of esters is 2. The van der Waals surface area contributed by atoms with Crippen LogP contribution in [0.15, 0.2) is 18.3 Å². The van der Waals surface area contributed by atoms with Crippen molar-refractivity contribution in [1.82, 2.24) is 4.98 Å². The number of hydrogen-bond donors (Lipinski definition) is 0. The number of rotatable bonds is 2. The molecule has 1 fully saturated rings. The van der Waals surface area contributed by atoms with Crippen LogP contribution in [0.25, 0.3) is 0 Å². The Balaban J connectivity index is 2.16. The number of carbonyl (C=O) groups is 2. The smallest absolute Gasteiger partial charge is 0.314 e. The number of cyclic esters (lactones) is 2. The second kappa shape index (κ2) is 4.30. The Morgan fingerprint density at radius 3 is 2.50 bits per heavy atom. The van der Waals surface area contributed by atoms with Crippen LogP contribution in [0, 0.1) is 0 Å². The van der Waals surface area contributed by atoms with Crippen molar-refractivity contribution in [2.24, 2.45) is 0 Å². The third-order valence-corrected chi connectivity index (χ3v) is 2.47. The van der Waals surface area contributed by atoms with Crippen molar-refractivity contribution < 1.29 is 19.1 Å². The maximum absolute atomic E-state index is 11.1. The largest absolute Gasteiger partial charge is 0.495 e. The number of ether oxygens (including phenoxy) is 2. The topological polar surface area (TPSA) is 65.5 Å². The maximum Gasteiger partial charge on any atom is 0.314 e. The highest BCUT2D eigenvalue weighted by molar-refractivity contribution is 5.89. The van der Waals surface area contributed by atoms with Crippen molar-refractivity contribution >= 4 is 11.9 Å². The molecular formula is C11H11NO4. The summed E-state index contributed by atoms with van der Waals surface area (Å²) in [5, 5.41) is 0. The predicted octanol–water partition coefficient (Wildman–Crippen LogP) is 1.04. The normalized spacial score (nSPS) is 17.1. The second-order valence-electron chi connectivity index (χ2n) is 3.57. The molecule has 1 aliphatic rings. The van der Waals surface area contributed by atoms with Crippen molar-refractivity contribution in [3.05, 3.63) is 24.0 Å². The standard InChI is InChI=1S/C11H11NO4/c1-15-8-2-3-9(12-6-8)7-4-10(13)16-11(14)5-7/h2-3,6-7H,4-5H2,1H3. The average molecular weight is 221 g/mol. The zero-order chi connectivity index (χ0) is 11.5. The summed E-state index contributed by atoms with van der Waals surface area (Å²) in [4.78, 5) is 26.3. The SMILES string of the molecule is COc1ccc(C2CC(=O)OC(=O)C2)nc1. The van der Waals surface area contributed by atoms with E-state index in [-0.39, 0.29) is 18.8 Å². The number of methoxy groups -OCH3 is 1. The first kappa shape index (κ1) is 10.6. The van der Waals surface area contributed by atoms with E-state index >= 15 is 0 Å². The van der Waals surface area contributed by atoms with Crippen LogP contribution >= 0.6 is 0 Å². The first-order valence-corrected chi connectivity index (χ1v) is 4.92. The van der Waals surface area contributed by atoms with Gasteiger partial charge in [0.2, 0.25) is 0 Å². The molecule has 84 valence electrons. The minimum atomic E-state index is -0.487. The second-order valence-corrected chi connectivity index (χ2v) is 3.57. The van der Waals surface area contributed by atoms with Crippen molar-refractivity contribution in [3.8, 4) is 5.75 Å². The van der Waals surface area contributed by atoms with Gasteiger partial charge in [-0.1, -0.05) is 0 Å². The average Bonchev–Trinajstić information content (AvgIpc) is 2.28. The van der Waals surface area contributed by atoms with Crippen LogP contribution < -0.4 is 4.74 Å². The third-order valence-electron chi connectivity index (χ3n) is 2.47. The summed E-state index contributed by atoms with van der Waals surface area (Å²) in [5.74, 6) is -0.508. The molecule has 2 heterocycles. The van der Waals surface area contributed by atoms with Crippen LogP contribution in [0.2, 0.25) is 0 Å². The van der Waals surface area contributed by atoms with Gasteiger partial charge in [0.05, 0.1) is 26.1 Å². The molecule has 1 aliphatic heterocycles. The molecule has 1 aromatic rings. The molecule has 0 saturated carbocycles. The molecule has 2 rings (SSSR count). The highest BCUT2D eigenvalue weighted by Crippen LogP contribution is 2.27. The van der Waals surface area contributed by atoms with Crippen molar-refractivity contribution in [2.75, 3.05) is 7.11 Å². The van der Waals surface area contributed by atoms with Gasteiger partial charge >= 0.3 is 11.9 Å². The van der Waals surface area contributed by atoms with E-state index < -0.39 is 11.9 Å². The van der Waals surface area contributed by atoms with Crippen molar-refractivity contribution in [3.63, 3.8) is 0 Å². The maximum atomic E-state index is 11.1. The molecule has 0 amide bonds. The summed E-state index contributed by atoms with van der Waals surface area (Å²) in [5.41, 5.74) is 0.714. The van der Waals surface area contributed by atoms with Gasteiger partial charge in [-0.3, -0.25) is 14.6 Å². The van der Waals surface area contributed by atoms with Gasteiger partial charge < -0.3 is 9.47 Å². The molecule has 0 aromatic carbocycles. The van der Waals surface area contributed by atoms with E-state index in [1.807, 2.05) is 0 Å². The van der Waals surface area contributed by atoms with Gasteiger partial charge in [0.25, 0.3) is 0 Å². The Bertz CT molecular complexity index is 396. The third kappa shape index (κ3) is 2.18. The van der Waals surface area contributed by atoms with Crippen LogP contribution in [-0.4, -0.2) is 24.0 Å².